The van der Waals surface area contributed by atoms with Crippen molar-refractivity contribution >= 4 is 0 Å². The summed E-state index contributed by atoms with van der Waals surface area (Å²) in [6.07, 6.45) is 3.63. The average molecular weight is 130 g/mol. The number of aliphatic hydroxyl groups excluding tert-OH is 1. The number of ether oxygens (including phenoxy) is 1. The van der Waals surface area contributed by atoms with E-state index in [0.29, 0.717) is 6.61 Å². The van der Waals surface area contributed by atoms with Gasteiger partial charge >= 0.3 is 0 Å². The van der Waals surface area contributed by atoms with Crippen molar-refractivity contribution in [3.8, 4) is 0 Å². The molecule has 0 bridgehead atoms. The third-order valence-corrected chi connectivity index (χ3v) is 0.995. The highest BCUT2D eigenvalue weighted by Crippen LogP contribution is 1.94. The molecule has 2 nitrogen and oxygen atoms in total. The molecule has 0 aliphatic heterocycles. The van der Waals surface area contributed by atoms with E-state index in [4.69, 9.17) is 9.84 Å². The lowest BCUT2D eigenvalue weighted by molar-refractivity contribution is 0.0909. The Balaban J connectivity index is 3.07. The van der Waals surface area contributed by atoms with Crippen LogP contribution in [0.4, 0.5) is 0 Å². The lowest BCUT2D eigenvalue weighted by atomic mass is 10.4. The van der Waals surface area contributed by atoms with E-state index in [1.54, 1.807) is 6.92 Å². The third kappa shape index (κ3) is 5.21. The van der Waals surface area contributed by atoms with Crippen molar-refractivity contribution in [3.05, 3.63) is 12.0 Å². The Morgan fingerprint density at radius 1 is 1.67 bits per heavy atom. The fraction of sp³-hybridized carbons (Fsp3) is 0.714. The summed E-state index contributed by atoms with van der Waals surface area (Å²) in [5.41, 5.74) is 0. The van der Waals surface area contributed by atoms with Crippen LogP contribution in [-0.2, 0) is 4.74 Å². The van der Waals surface area contributed by atoms with Gasteiger partial charge in [0.05, 0.1) is 6.61 Å². The van der Waals surface area contributed by atoms with E-state index in [-0.39, 0.29) is 5.95 Å². The Bertz CT molecular complexity index is 86.9. The van der Waals surface area contributed by atoms with Gasteiger partial charge in [0, 0.05) is 0 Å². The molecule has 0 aromatic rings. The quantitative estimate of drug-likeness (QED) is 0.467. The van der Waals surface area contributed by atoms with E-state index < -0.39 is 0 Å². The summed E-state index contributed by atoms with van der Waals surface area (Å²) in [5, 5.41) is 8.72. The summed E-state index contributed by atoms with van der Waals surface area (Å²) in [4.78, 5) is 0. The van der Waals surface area contributed by atoms with Gasteiger partial charge in [-0.15, -0.1) is 0 Å². The SMILES string of the molecule is C/C=C(\O)OCCCC. The first kappa shape index (κ1) is 8.34. The van der Waals surface area contributed by atoms with Crippen molar-refractivity contribution in [3.63, 3.8) is 0 Å². The molecule has 9 heavy (non-hydrogen) atoms. The molecular formula is C7H14O2. The van der Waals surface area contributed by atoms with Crippen LogP contribution in [0.25, 0.3) is 0 Å². The van der Waals surface area contributed by atoms with E-state index in [1.807, 2.05) is 0 Å². The highest BCUT2D eigenvalue weighted by Gasteiger charge is 1.87. The van der Waals surface area contributed by atoms with E-state index >= 15 is 0 Å². The molecule has 0 rings (SSSR count). The smallest absolute Gasteiger partial charge is 0.272 e. The molecule has 2 heteroatoms. The maximum absolute atomic E-state index is 8.72. The first-order chi connectivity index (χ1) is 4.31. The number of hydrogen-bond donors (Lipinski definition) is 1. The largest absolute Gasteiger partial charge is 0.481 e. The molecule has 0 unspecified atom stereocenters. The van der Waals surface area contributed by atoms with Gasteiger partial charge < -0.3 is 9.84 Å². The molecule has 0 amide bonds. The highest BCUT2D eigenvalue weighted by atomic mass is 16.6. The van der Waals surface area contributed by atoms with Gasteiger partial charge in [-0.3, -0.25) is 0 Å². The van der Waals surface area contributed by atoms with Crippen LogP contribution in [0.15, 0.2) is 12.0 Å². The van der Waals surface area contributed by atoms with Crippen molar-refractivity contribution in [2.24, 2.45) is 0 Å². The zero-order valence-corrected chi connectivity index (χ0v) is 6.05. The van der Waals surface area contributed by atoms with Crippen LogP contribution in [0.2, 0.25) is 0 Å². The Labute approximate surface area is 56.1 Å². The fourth-order valence-electron chi connectivity index (χ4n) is 0.404. The maximum atomic E-state index is 8.72. The summed E-state index contributed by atoms with van der Waals surface area (Å²) in [7, 11) is 0. The standard InChI is InChI=1S/C7H14O2/c1-3-5-6-9-7(8)4-2/h4,8H,3,5-6H2,1-2H3/b7-4+. The Morgan fingerprint density at radius 3 is 2.78 bits per heavy atom. The number of aliphatic hydroxyl groups is 1. The fourth-order valence-corrected chi connectivity index (χ4v) is 0.404. The molecule has 1 N–H and O–H groups in total. The summed E-state index contributed by atoms with van der Waals surface area (Å²) >= 11 is 0. The molecule has 0 radical (unpaired) electrons. The minimum atomic E-state index is 0.0310. The van der Waals surface area contributed by atoms with Gasteiger partial charge in [0.15, 0.2) is 0 Å². The number of rotatable bonds is 4. The number of hydrogen-bond acceptors (Lipinski definition) is 2. The van der Waals surface area contributed by atoms with Crippen LogP contribution in [0.3, 0.4) is 0 Å². The minimum Gasteiger partial charge on any atom is -0.481 e. The van der Waals surface area contributed by atoms with Crippen molar-refractivity contribution < 1.29 is 9.84 Å². The number of unbranched alkanes of at least 4 members (excludes halogenated alkanes) is 1. The zero-order valence-electron chi connectivity index (χ0n) is 6.05. The zero-order chi connectivity index (χ0) is 7.11. The third-order valence-electron chi connectivity index (χ3n) is 0.995. The summed E-state index contributed by atoms with van der Waals surface area (Å²) in [6.45, 7) is 4.43. The first-order valence-electron chi connectivity index (χ1n) is 3.29. The lowest BCUT2D eigenvalue weighted by Crippen LogP contribution is -1.92. The van der Waals surface area contributed by atoms with Crippen molar-refractivity contribution in [1.29, 1.82) is 0 Å². The van der Waals surface area contributed by atoms with Gasteiger partial charge in [-0.1, -0.05) is 13.3 Å². The molecule has 0 saturated carbocycles. The van der Waals surface area contributed by atoms with Crippen molar-refractivity contribution in [2.45, 2.75) is 26.7 Å². The molecule has 0 fully saturated rings. The average Bonchev–Trinajstić information content (AvgIpc) is 1.89. The van der Waals surface area contributed by atoms with Crippen LogP contribution in [0, 0.1) is 0 Å². The molecule has 0 aromatic carbocycles. The van der Waals surface area contributed by atoms with Crippen LogP contribution in [-0.4, -0.2) is 11.7 Å². The Morgan fingerprint density at radius 2 is 2.33 bits per heavy atom. The van der Waals surface area contributed by atoms with E-state index in [0.717, 1.165) is 12.8 Å². The van der Waals surface area contributed by atoms with E-state index in [9.17, 15) is 0 Å². The molecule has 0 atom stereocenters. The molecule has 0 saturated heterocycles. The van der Waals surface area contributed by atoms with Crippen molar-refractivity contribution in [2.75, 3.05) is 6.61 Å². The molecule has 54 valence electrons. The summed E-state index contributed by atoms with van der Waals surface area (Å²) in [6, 6.07) is 0. The number of allylic oxidation sites excluding steroid dienone is 1. The molecular weight excluding hydrogens is 116 g/mol. The summed E-state index contributed by atoms with van der Waals surface area (Å²) < 4.78 is 4.85. The van der Waals surface area contributed by atoms with Gasteiger partial charge in [-0.25, -0.2) is 0 Å². The highest BCUT2D eigenvalue weighted by molar-refractivity contribution is 4.75. The Hall–Kier alpha value is -0.660. The topological polar surface area (TPSA) is 29.5 Å². The molecule has 0 aliphatic rings. The van der Waals surface area contributed by atoms with Gasteiger partial charge in [0.25, 0.3) is 5.95 Å². The molecule has 0 aliphatic carbocycles. The molecule has 0 spiro atoms. The van der Waals surface area contributed by atoms with Gasteiger partial charge in [-0.2, -0.15) is 0 Å². The van der Waals surface area contributed by atoms with Crippen LogP contribution >= 0.6 is 0 Å². The van der Waals surface area contributed by atoms with E-state index in [1.165, 1.54) is 6.08 Å². The van der Waals surface area contributed by atoms with Crippen LogP contribution in [0.5, 0.6) is 0 Å². The van der Waals surface area contributed by atoms with Crippen LogP contribution < -0.4 is 0 Å². The van der Waals surface area contributed by atoms with Crippen LogP contribution in [0.1, 0.15) is 26.7 Å². The van der Waals surface area contributed by atoms with Gasteiger partial charge in [0.1, 0.15) is 0 Å². The minimum absolute atomic E-state index is 0.0310. The van der Waals surface area contributed by atoms with Gasteiger partial charge in [-0.05, 0) is 19.4 Å². The second-order valence-corrected chi connectivity index (χ2v) is 1.83. The van der Waals surface area contributed by atoms with E-state index in [2.05, 4.69) is 6.92 Å². The summed E-state index contributed by atoms with van der Waals surface area (Å²) in [5.74, 6) is 0.0310. The van der Waals surface area contributed by atoms with Gasteiger partial charge in [0.2, 0.25) is 0 Å². The Kier molecular flexibility index (Phi) is 5.07. The predicted octanol–water partition coefficient (Wildman–Crippen LogP) is 2.22. The lowest BCUT2D eigenvalue weighted by Gasteiger charge is -2.00. The monoisotopic (exact) mass is 130 g/mol. The maximum Gasteiger partial charge on any atom is 0.272 e. The van der Waals surface area contributed by atoms with Crippen molar-refractivity contribution in [1.82, 2.24) is 0 Å². The predicted molar refractivity (Wildman–Crippen MR) is 37.2 cm³/mol. The molecule has 0 aromatic heterocycles. The second-order valence-electron chi connectivity index (χ2n) is 1.83. The molecule has 0 heterocycles. The first-order valence-corrected chi connectivity index (χ1v) is 3.29. The normalized spacial score (nSPS) is 11.6. The second kappa shape index (κ2) is 5.48.